The van der Waals surface area contributed by atoms with Crippen molar-refractivity contribution in [3.63, 3.8) is 0 Å². The van der Waals surface area contributed by atoms with Gasteiger partial charge in [-0.15, -0.1) is 6.42 Å². The molecular formula is C13H23N3O3S. The van der Waals surface area contributed by atoms with Gasteiger partial charge in [0.2, 0.25) is 10.0 Å². The van der Waals surface area contributed by atoms with E-state index in [4.69, 9.17) is 6.42 Å². The van der Waals surface area contributed by atoms with Gasteiger partial charge in [0.15, 0.2) is 0 Å². The first kappa shape index (κ1) is 16.8. The molecule has 0 aromatic heterocycles. The van der Waals surface area contributed by atoms with Crippen LogP contribution in [-0.2, 0) is 10.0 Å². The van der Waals surface area contributed by atoms with E-state index in [-0.39, 0.29) is 23.9 Å². The Kier molecular flexibility index (Phi) is 5.84. The predicted octanol–water partition coefficient (Wildman–Crippen LogP) is 0.225. The lowest BCUT2D eigenvalue weighted by Crippen LogP contribution is -2.45. The molecule has 0 saturated carbocycles. The summed E-state index contributed by atoms with van der Waals surface area (Å²) in [7, 11) is -3.13. The van der Waals surface area contributed by atoms with Gasteiger partial charge in [-0.2, -0.15) is 0 Å². The first-order valence-electron chi connectivity index (χ1n) is 6.69. The summed E-state index contributed by atoms with van der Waals surface area (Å²) in [6, 6.07) is -0.606. The number of hydrogen-bond acceptors (Lipinski definition) is 3. The Bertz CT molecular complexity index is 482. The van der Waals surface area contributed by atoms with Crippen LogP contribution in [0.25, 0.3) is 0 Å². The van der Waals surface area contributed by atoms with Crippen LogP contribution in [0.5, 0.6) is 0 Å². The van der Waals surface area contributed by atoms with Crippen LogP contribution in [0, 0.1) is 24.2 Å². The molecule has 1 saturated heterocycles. The largest absolute Gasteiger partial charge is 0.338 e. The fourth-order valence-corrected chi connectivity index (χ4v) is 3.01. The highest BCUT2D eigenvalue weighted by Gasteiger charge is 2.28. The Morgan fingerprint density at radius 2 is 2.15 bits per heavy atom. The molecule has 1 heterocycles. The van der Waals surface area contributed by atoms with Gasteiger partial charge >= 0.3 is 6.03 Å². The van der Waals surface area contributed by atoms with E-state index in [1.807, 2.05) is 13.8 Å². The molecule has 0 aromatic rings. The van der Waals surface area contributed by atoms with E-state index in [0.29, 0.717) is 19.6 Å². The maximum atomic E-state index is 11.7. The lowest BCUT2D eigenvalue weighted by molar-refractivity contribution is 0.235. The van der Waals surface area contributed by atoms with E-state index < -0.39 is 10.0 Å². The van der Waals surface area contributed by atoms with Crippen molar-refractivity contribution in [2.75, 3.05) is 25.9 Å². The highest BCUT2D eigenvalue weighted by atomic mass is 32.2. The number of terminal acetylenes is 1. The minimum atomic E-state index is -3.13. The monoisotopic (exact) mass is 301 g/mol. The van der Waals surface area contributed by atoms with Crippen LogP contribution in [0.3, 0.4) is 0 Å². The standard InChI is InChI=1S/C13H23N3O3S/c1-5-12(10(2)3)15-13(17)14-8-11-6-7-16(9-11)20(4,18)19/h1,10-12H,6-9H2,2-4H3,(H2,14,15,17)/t11-,12+/m0/s1. The van der Waals surface area contributed by atoms with Gasteiger partial charge in [0.25, 0.3) is 0 Å². The third kappa shape index (κ3) is 5.02. The van der Waals surface area contributed by atoms with Crippen LogP contribution in [0.4, 0.5) is 4.79 Å². The molecule has 2 atom stereocenters. The van der Waals surface area contributed by atoms with Crippen LogP contribution in [0.2, 0.25) is 0 Å². The van der Waals surface area contributed by atoms with Crippen LogP contribution < -0.4 is 10.6 Å². The van der Waals surface area contributed by atoms with Gasteiger partial charge in [0.05, 0.1) is 12.3 Å². The third-order valence-corrected chi connectivity index (χ3v) is 4.67. The fourth-order valence-electron chi connectivity index (χ4n) is 2.10. The molecule has 0 radical (unpaired) electrons. The number of rotatable bonds is 5. The fraction of sp³-hybridized carbons (Fsp3) is 0.769. The average molecular weight is 301 g/mol. The van der Waals surface area contributed by atoms with Gasteiger partial charge in [-0.1, -0.05) is 19.8 Å². The Hall–Kier alpha value is -1.26. The third-order valence-electron chi connectivity index (χ3n) is 3.40. The molecular weight excluding hydrogens is 278 g/mol. The van der Waals surface area contributed by atoms with Crippen molar-refractivity contribution in [2.24, 2.45) is 11.8 Å². The summed E-state index contributed by atoms with van der Waals surface area (Å²) in [5, 5.41) is 5.46. The summed E-state index contributed by atoms with van der Waals surface area (Å²) in [6.07, 6.45) is 7.30. The zero-order valence-corrected chi connectivity index (χ0v) is 13.0. The van der Waals surface area contributed by atoms with Crippen molar-refractivity contribution in [1.29, 1.82) is 0 Å². The minimum Gasteiger partial charge on any atom is -0.338 e. The molecule has 2 N–H and O–H groups in total. The minimum absolute atomic E-state index is 0.152. The molecule has 0 spiro atoms. The van der Waals surface area contributed by atoms with Crippen molar-refractivity contribution >= 4 is 16.1 Å². The number of sulfonamides is 1. The zero-order valence-electron chi connectivity index (χ0n) is 12.2. The highest BCUT2D eigenvalue weighted by molar-refractivity contribution is 7.88. The Morgan fingerprint density at radius 1 is 1.50 bits per heavy atom. The quantitative estimate of drug-likeness (QED) is 0.713. The van der Waals surface area contributed by atoms with Crippen LogP contribution in [0.15, 0.2) is 0 Å². The van der Waals surface area contributed by atoms with Gasteiger partial charge in [-0.25, -0.2) is 17.5 Å². The first-order valence-corrected chi connectivity index (χ1v) is 8.54. The Labute approximate surface area is 121 Å². The number of amides is 2. The second-order valence-corrected chi connectivity index (χ2v) is 7.50. The molecule has 0 bridgehead atoms. The van der Waals surface area contributed by atoms with E-state index in [2.05, 4.69) is 16.6 Å². The summed E-state index contributed by atoms with van der Waals surface area (Å²) >= 11 is 0. The number of hydrogen-bond donors (Lipinski definition) is 2. The topological polar surface area (TPSA) is 78.5 Å². The summed E-state index contributed by atoms with van der Waals surface area (Å²) in [4.78, 5) is 11.7. The Morgan fingerprint density at radius 3 is 2.60 bits per heavy atom. The molecule has 6 nitrogen and oxygen atoms in total. The van der Waals surface area contributed by atoms with Gasteiger partial charge in [0, 0.05) is 19.6 Å². The van der Waals surface area contributed by atoms with E-state index >= 15 is 0 Å². The second-order valence-electron chi connectivity index (χ2n) is 5.52. The predicted molar refractivity (Wildman–Crippen MR) is 78.5 cm³/mol. The van der Waals surface area contributed by atoms with Crippen LogP contribution in [0.1, 0.15) is 20.3 Å². The first-order chi connectivity index (χ1) is 9.24. The number of nitrogens with one attached hydrogen (secondary N) is 2. The highest BCUT2D eigenvalue weighted by Crippen LogP contribution is 2.17. The molecule has 1 aliphatic rings. The van der Waals surface area contributed by atoms with Gasteiger partial charge in [0.1, 0.15) is 0 Å². The normalized spacial score (nSPS) is 21.4. The molecule has 20 heavy (non-hydrogen) atoms. The number of carbonyl (C=O) groups is 1. The maximum absolute atomic E-state index is 11.7. The molecule has 0 aliphatic carbocycles. The second kappa shape index (κ2) is 6.95. The van der Waals surface area contributed by atoms with Crippen LogP contribution in [-0.4, -0.2) is 50.7 Å². The zero-order chi connectivity index (χ0) is 15.3. The van der Waals surface area contributed by atoms with Gasteiger partial charge in [-0.05, 0) is 18.3 Å². The summed E-state index contributed by atoms with van der Waals surface area (Å²) < 4.78 is 24.2. The van der Waals surface area contributed by atoms with E-state index in [9.17, 15) is 13.2 Å². The van der Waals surface area contributed by atoms with E-state index in [1.165, 1.54) is 10.6 Å². The molecule has 7 heteroatoms. The number of nitrogens with zero attached hydrogens (tertiary/aromatic N) is 1. The lowest BCUT2D eigenvalue weighted by Gasteiger charge is -2.18. The number of carbonyl (C=O) groups excluding carboxylic acids is 1. The Balaban J connectivity index is 2.35. The molecule has 1 fully saturated rings. The molecule has 1 rings (SSSR count). The maximum Gasteiger partial charge on any atom is 0.315 e. The molecule has 0 aromatic carbocycles. The van der Waals surface area contributed by atoms with E-state index in [1.54, 1.807) is 0 Å². The molecule has 0 unspecified atom stereocenters. The molecule has 114 valence electrons. The summed E-state index contributed by atoms with van der Waals surface area (Å²) in [6.45, 7) is 5.30. The van der Waals surface area contributed by atoms with Crippen molar-refractivity contribution in [1.82, 2.24) is 14.9 Å². The molecule has 2 amide bonds. The van der Waals surface area contributed by atoms with Crippen LogP contribution >= 0.6 is 0 Å². The average Bonchev–Trinajstić information content (AvgIpc) is 2.81. The van der Waals surface area contributed by atoms with Crippen molar-refractivity contribution in [2.45, 2.75) is 26.3 Å². The number of urea groups is 1. The van der Waals surface area contributed by atoms with Gasteiger partial charge < -0.3 is 10.6 Å². The summed E-state index contributed by atoms with van der Waals surface area (Å²) in [5.74, 6) is 2.84. The summed E-state index contributed by atoms with van der Waals surface area (Å²) in [5.41, 5.74) is 0. The van der Waals surface area contributed by atoms with E-state index in [0.717, 1.165) is 6.42 Å². The van der Waals surface area contributed by atoms with Crippen molar-refractivity contribution < 1.29 is 13.2 Å². The lowest BCUT2D eigenvalue weighted by atomic mass is 10.1. The smallest absolute Gasteiger partial charge is 0.315 e. The SMILES string of the molecule is C#C[C@@H](NC(=O)NC[C@@H]1CCN(S(C)(=O)=O)C1)C(C)C. The van der Waals surface area contributed by atoms with Gasteiger partial charge in [-0.3, -0.25) is 0 Å². The van der Waals surface area contributed by atoms with Crippen molar-refractivity contribution in [3.8, 4) is 12.3 Å². The molecule has 1 aliphatic heterocycles. The van der Waals surface area contributed by atoms with Crippen molar-refractivity contribution in [3.05, 3.63) is 0 Å².